The van der Waals surface area contributed by atoms with Gasteiger partial charge in [-0.25, -0.2) is 0 Å². The standard InChI is InChI=1S/C8H16BrN/c1-4-6-10(3)8(5-2)7-9/h4,8H,1,5-7H2,2-3H3. The van der Waals surface area contributed by atoms with E-state index in [1.54, 1.807) is 0 Å². The van der Waals surface area contributed by atoms with Crippen molar-refractivity contribution in [3.63, 3.8) is 0 Å². The summed E-state index contributed by atoms with van der Waals surface area (Å²) in [4.78, 5) is 2.29. The number of halogens is 1. The largest absolute Gasteiger partial charge is 0.299 e. The zero-order valence-electron chi connectivity index (χ0n) is 6.81. The Morgan fingerprint density at radius 1 is 1.70 bits per heavy atom. The Morgan fingerprint density at radius 2 is 2.30 bits per heavy atom. The molecule has 1 unspecified atom stereocenters. The summed E-state index contributed by atoms with van der Waals surface area (Å²) in [5, 5.41) is 1.05. The molecule has 0 fully saturated rings. The molecule has 0 aromatic heterocycles. The normalized spacial score (nSPS) is 13.6. The monoisotopic (exact) mass is 205 g/mol. The van der Waals surface area contributed by atoms with Crippen LogP contribution in [0.25, 0.3) is 0 Å². The van der Waals surface area contributed by atoms with Crippen LogP contribution < -0.4 is 0 Å². The lowest BCUT2D eigenvalue weighted by atomic mass is 10.2. The molecule has 60 valence electrons. The zero-order chi connectivity index (χ0) is 7.98. The first-order chi connectivity index (χ1) is 4.76. The molecule has 10 heavy (non-hydrogen) atoms. The Bertz CT molecular complexity index is 89.3. The van der Waals surface area contributed by atoms with Gasteiger partial charge in [-0.05, 0) is 13.5 Å². The van der Waals surface area contributed by atoms with Gasteiger partial charge in [-0.2, -0.15) is 0 Å². The SMILES string of the molecule is C=CCN(C)C(CC)CBr. The minimum atomic E-state index is 0.651. The van der Waals surface area contributed by atoms with Crippen LogP contribution in [0.15, 0.2) is 12.7 Å². The van der Waals surface area contributed by atoms with Crippen LogP contribution in [0, 0.1) is 0 Å². The van der Waals surface area contributed by atoms with Gasteiger partial charge < -0.3 is 0 Å². The maximum absolute atomic E-state index is 3.69. The van der Waals surface area contributed by atoms with Crippen LogP contribution >= 0.6 is 15.9 Å². The lowest BCUT2D eigenvalue weighted by Crippen LogP contribution is -2.32. The van der Waals surface area contributed by atoms with Crippen LogP contribution in [0.4, 0.5) is 0 Å². The fourth-order valence-electron chi connectivity index (χ4n) is 0.891. The average molecular weight is 206 g/mol. The highest BCUT2D eigenvalue weighted by atomic mass is 79.9. The van der Waals surface area contributed by atoms with Gasteiger partial charge in [-0.3, -0.25) is 4.90 Å². The predicted octanol–water partition coefficient (Wildman–Crippen LogP) is 2.28. The first-order valence-electron chi connectivity index (χ1n) is 3.63. The first-order valence-corrected chi connectivity index (χ1v) is 4.75. The van der Waals surface area contributed by atoms with E-state index >= 15 is 0 Å². The van der Waals surface area contributed by atoms with Gasteiger partial charge in [0.05, 0.1) is 0 Å². The van der Waals surface area contributed by atoms with Crippen LogP contribution in [0.5, 0.6) is 0 Å². The minimum absolute atomic E-state index is 0.651. The van der Waals surface area contributed by atoms with Crippen molar-refractivity contribution >= 4 is 15.9 Å². The third kappa shape index (κ3) is 3.37. The van der Waals surface area contributed by atoms with Crippen molar-refractivity contribution < 1.29 is 0 Å². The van der Waals surface area contributed by atoms with Gasteiger partial charge in [0.2, 0.25) is 0 Å². The molecular formula is C8H16BrN. The summed E-state index contributed by atoms with van der Waals surface area (Å²) in [7, 11) is 2.12. The fourth-order valence-corrected chi connectivity index (χ4v) is 1.84. The molecule has 0 aliphatic carbocycles. The van der Waals surface area contributed by atoms with Crippen molar-refractivity contribution in [1.29, 1.82) is 0 Å². The van der Waals surface area contributed by atoms with E-state index in [1.807, 2.05) is 6.08 Å². The molecule has 0 heterocycles. The van der Waals surface area contributed by atoms with Gasteiger partial charge in [0.1, 0.15) is 0 Å². The number of likely N-dealkylation sites (N-methyl/N-ethyl adjacent to an activating group) is 1. The fraction of sp³-hybridized carbons (Fsp3) is 0.750. The van der Waals surface area contributed by atoms with Crippen LogP contribution in [0.2, 0.25) is 0 Å². The second-order valence-corrected chi connectivity index (χ2v) is 3.09. The molecule has 0 radical (unpaired) electrons. The zero-order valence-corrected chi connectivity index (χ0v) is 8.39. The summed E-state index contributed by atoms with van der Waals surface area (Å²) in [5.41, 5.74) is 0. The van der Waals surface area contributed by atoms with Gasteiger partial charge in [0.15, 0.2) is 0 Å². The lowest BCUT2D eigenvalue weighted by molar-refractivity contribution is 0.284. The Balaban J connectivity index is 3.63. The second-order valence-electron chi connectivity index (χ2n) is 2.44. The van der Waals surface area contributed by atoms with Gasteiger partial charge in [-0.15, -0.1) is 6.58 Å². The maximum Gasteiger partial charge on any atom is 0.0190 e. The minimum Gasteiger partial charge on any atom is -0.299 e. The molecule has 0 saturated carbocycles. The van der Waals surface area contributed by atoms with E-state index in [2.05, 4.69) is 41.4 Å². The van der Waals surface area contributed by atoms with Crippen molar-refractivity contribution in [2.45, 2.75) is 19.4 Å². The summed E-state index contributed by atoms with van der Waals surface area (Å²) in [6, 6.07) is 0.651. The molecular weight excluding hydrogens is 190 g/mol. The first kappa shape index (κ1) is 10.2. The van der Waals surface area contributed by atoms with E-state index in [0.717, 1.165) is 11.9 Å². The summed E-state index contributed by atoms with van der Waals surface area (Å²) in [6.45, 7) is 6.87. The predicted molar refractivity (Wildman–Crippen MR) is 50.7 cm³/mol. The maximum atomic E-state index is 3.69. The van der Waals surface area contributed by atoms with Gasteiger partial charge in [0, 0.05) is 17.9 Å². The van der Waals surface area contributed by atoms with E-state index in [1.165, 1.54) is 6.42 Å². The molecule has 0 amide bonds. The molecule has 0 saturated heterocycles. The molecule has 0 spiro atoms. The second kappa shape index (κ2) is 5.93. The van der Waals surface area contributed by atoms with Gasteiger partial charge in [0.25, 0.3) is 0 Å². The Hall–Kier alpha value is 0.180. The van der Waals surface area contributed by atoms with Crippen molar-refractivity contribution in [2.75, 3.05) is 18.9 Å². The van der Waals surface area contributed by atoms with E-state index in [9.17, 15) is 0 Å². The van der Waals surface area contributed by atoms with Crippen molar-refractivity contribution in [3.05, 3.63) is 12.7 Å². The quantitative estimate of drug-likeness (QED) is 0.492. The molecule has 0 N–H and O–H groups in total. The number of nitrogens with zero attached hydrogens (tertiary/aromatic N) is 1. The molecule has 0 aromatic carbocycles. The smallest absolute Gasteiger partial charge is 0.0190 e. The molecule has 2 heteroatoms. The highest BCUT2D eigenvalue weighted by Crippen LogP contribution is 2.04. The summed E-state index contributed by atoms with van der Waals surface area (Å²) < 4.78 is 0. The molecule has 0 aliphatic heterocycles. The van der Waals surface area contributed by atoms with Crippen molar-refractivity contribution in [3.8, 4) is 0 Å². The Labute approximate surface area is 72.2 Å². The van der Waals surface area contributed by atoms with Gasteiger partial charge in [-0.1, -0.05) is 28.9 Å². The van der Waals surface area contributed by atoms with Crippen LogP contribution in [0.1, 0.15) is 13.3 Å². The number of rotatable bonds is 5. The summed E-state index contributed by atoms with van der Waals surface area (Å²) in [6.07, 6.45) is 3.13. The molecule has 0 rings (SSSR count). The lowest BCUT2D eigenvalue weighted by Gasteiger charge is -2.23. The number of hydrogen-bond acceptors (Lipinski definition) is 1. The van der Waals surface area contributed by atoms with Crippen LogP contribution in [0.3, 0.4) is 0 Å². The summed E-state index contributed by atoms with van der Waals surface area (Å²) >= 11 is 3.47. The van der Waals surface area contributed by atoms with E-state index in [0.29, 0.717) is 6.04 Å². The van der Waals surface area contributed by atoms with E-state index < -0.39 is 0 Å². The number of alkyl halides is 1. The van der Waals surface area contributed by atoms with E-state index in [4.69, 9.17) is 0 Å². The number of hydrogen-bond donors (Lipinski definition) is 0. The summed E-state index contributed by atoms with van der Waals surface area (Å²) in [5.74, 6) is 0. The third-order valence-corrected chi connectivity index (χ3v) is 2.44. The van der Waals surface area contributed by atoms with E-state index in [-0.39, 0.29) is 0 Å². The Kier molecular flexibility index (Phi) is 6.03. The highest BCUT2D eigenvalue weighted by molar-refractivity contribution is 9.09. The molecule has 1 nitrogen and oxygen atoms in total. The highest BCUT2D eigenvalue weighted by Gasteiger charge is 2.07. The van der Waals surface area contributed by atoms with Crippen molar-refractivity contribution in [1.82, 2.24) is 4.90 Å². The van der Waals surface area contributed by atoms with Gasteiger partial charge >= 0.3 is 0 Å². The molecule has 0 aliphatic rings. The topological polar surface area (TPSA) is 3.24 Å². The average Bonchev–Trinajstić information content (AvgIpc) is 1.91. The molecule has 1 atom stereocenters. The Morgan fingerprint density at radius 3 is 2.60 bits per heavy atom. The van der Waals surface area contributed by atoms with Crippen LogP contribution in [-0.4, -0.2) is 29.9 Å². The molecule has 0 aromatic rings. The third-order valence-electron chi connectivity index (χ3n) is 1.69. The van der Waals surface area contributed by atoms with Crippen LogP contribution in [-0.2, 0) is 0 Å². The van der Waals surface area contributed by atoms with Crippen molar-refractivity contribution in [2.24, 2.45) is 0 Å². The molecule has 0 bridgehead atoms.